The van der Waals surface area contributed by atoms with Gasteiger partial charge >= 0.3 is 0 Å². The summed E-state index contributed by atoms with van der Waals surface area (Å²) in [5.41, 5.74) is 1.24. The predicted octanol–water partition coefficient (Wildman–Crippen LogP) is 3.32. The molecule has 0 bridgehead atoms. The van der Waals surface area contributed by atoms with Crippen molar-refractivity contribution < 1.29 is 0 Å². The van der Waals surface area contributed by atoms with Crippen LogP contribution < -0.4 is 0 Å². The van der Waals surface area contributed by atoms with Crippen LogP contribution in [0.1, 0.15) is 33.1 Å². The van der Waals surface area contributed by atoms with Gasteiger partial charge in [0.2, 0.25) is 5.95 Å². The first-order valence-electron chi connectivity index (χ1n) is 5.37. The van der Waals surface area contributed by atoms with Gasteiger partial charge in [0.05, 0.1) is 0 Å². The third-order valence-electron chi connectivity index (χ3n) is 2.00. The summed E-state index contributed by atoms with van der Waals surface area (Å²) >= 11 is 0. The monoisotopic (exact) mass is 203 g/mol. The fourth-order valence-electron chi connectivity index (χ4n) is 1.12. The fraction of sp³-hybridized carbons (Fsp3) is 0.417. The zero-order chi connectivity index (χ0) is 10.9. The average Bonchev–Trinajstić information content (AvgIpc) is 2.31. The number of aromatic nitrogens is 2. The van der Waals surface area contributed by atoms with Gasteiger partial charge in [-0.2, -0.15) is 0 Å². The van der Waals surface area contributed by atoms with Crippen LogP contribution in [0.15, 0.2) is 35.1 Å². The highest BCUT2D eigenvalue weighted by atomic mass is 15.0. The maximum Gasteiger partial charge on any atom is 0.249 e. The Morgan fingerprint density at radius 1 is 1.33 bits per heavy atom. The minimum atomic E-state index is 0.522. The van der Waals surface area contributed by atoms with Crippen LogP contribution in [-0.4, -0.2) is 16.2 Å². The largest absolute Gasteiger partial charge is 0.249 e. The molecule has 1 heterocycles. The van der Waals surface area contributed by atoms with Crippen LogP contribution in [0.3, 0.4) is 0 Å². The molecule has 0 radical (unpaired) electrons. The maximum absolute atomic E-state index is 4.21. The molecule has 1 aromatic heterocycles. The molecule has 1 aromatic rings. The van der Waals surface area contributed by atoms with Gasteiger partial charge in [0, 0.05) is 18.6 Å². The van der Waals surface area contributed by atoms with Gasteiger partial charge in [-0.3, -0.25) is 0 Å². The number of unbranched alkanes of at least 4 members (excludes halogenated alkanes) is 1. The summed E-state index contributed by atoms with van der Waals surface area (Å²) in [7, 11) is 0. The van der Waals surface area contributed by atoms with Crippen molar-refractivity contribution in [2.75, 3.05) is 0 Å². The number of hydrogen-bond donors (Lipinski definition) is 0. The van der Waals surface area contributed by atoms with E-state index in [2.05, 4.69) is 34.9 Å². The van der Waals surface area contributed by atoms with Crippen molar-refractivity contribution in [3.05, 3.63) is 30.1 Å². The lowest BCUT2D eigenvalue weighted by molar-refractivity contribution is 0.946. The zero-order valence-electron chi connectivity index (χ0n) is 9.35. The van der Waals surface area contributed by atoms with Gasteiger partial charge in [0.25, 0.3) is 0 Å². The Morgan fingerprint density at radius 3 is 2.67 bits per heavy atom. The first-order valence-corrected chi connectivity index (χ1v) is 5.37. The van der Waals surface area contributed by atoms with Crippen molar-refractivity contribution in [1.29, 1.82) is 0 Å². The molecule has 0 saturated carbocycles. The SMILES string of the molecule is CCC/C=C(/C=N/c1ncccn1)CC. The van der Waals surface area contributed by atoms with Crippen LogP contribution in [0.25, 0.3) is 0 Å². The van der Waals surface area contributed by atoms with E-state index in [-0.39, 0.29) is 0 Å². The number of nitrogens with zero attached hydrogens (tertiary/aromatic N) is 3. The molecule has 3 nitrogen and oxygen atoms in total. The average molecular weight is 203 g/mol. The van der Waals surface area contributed by atoms with Crippen molar-refractivity contribution >= 4 is 12.2 Å². The Kier molecular flexibility index (Phi) is 5.30. The molecule has 0 N–H and O–H groups in total. The molecule has 0 fully saturated rings. The second-order valence-electron chi connectivity index (χ2n) is 3.23. The standard InChI is InChI=1S/C12H17N3/c1-3-5-7-11(4-2)10-15-12-13-8-6-9-14-12/h6-10H,3-5H2,1-2H3/b11-7+,15-10+. The van der Waals surface area contributed by atoms with Crippen LogP contribution in [0.4, 0.5) is 5.95 Å². The van der Waals surface area contributed by atoms with Gasteiger partial charge in [0.15, 0.2) is 0 Å². The van der Waals surface area contributed by atoms with Crippen LogP contribution in [0, 0.1) is 0 Å². The Morgan fingerprint density at radius 2 is 2.07 bits per heavy atom. The van der Waals surface area contributed by atoms with Crippen molar-refractivity contribution in [2.45, 2.75) is 33.1 Å². The Labute approximate surface area is 91.0 Å². The number of aliphatic imine (C=N–C) groups is 1. The molecule has 0 atom stereocenters. The highest BCUT2D eigenvalue weighted by Gasteiger charge is 1.90. The summed E-state index contributed by atoms with van der Waals surface area (Å²) in [6.07, 6.45) is 10.7. The second kappa shape index (κ2) is 6.87. The van der Waals surface area contributed by atoms with E-state index < -0.39 is 0 Å². The Bertz CT molecular complexity index is 328. The molecule has 1 rings (SSSR count). The molecular weight excluding hydrogens is 186 g/mol. The first-order chi connectivity index (χ1) is 7.36. The normalized spacial score (nSPS) is 12.3. The van der Waals surface area contributed by atoms with Crippen LogP contribution in [0.5, 0.6) is 0 Å². The fourth-order valence-corrected chi connectivity index (χ4v) is 1.12. The minimum absolute atomic E-state index is 0.522. The Hall–Kier alpha value is -1.51. The topological polar surface area (TPSA) is 38.1 Å². The van der Waals surface area contributed by atoms with Gasteiger partial charge in [-0.25, -0.2) is 15.0 Å². The van der Waals surface area contributed by atoms with Crippen LogP contribution >= 0.6 is 0 Å². The molecule has 0 aliphatic rings. The lowest BCUT2D eigenvalue weighted by atomic mass is 10.1. The predicted molar refractivity (Wildman–Crippen MR) is 63.5 cm³/mol. The molecule has 0 spiro atoms. The van der Waals surface area contributed by atoms with E-state index >= 15 is 0 Å². The molecule has 0 aromatic carbocycles. The molecule has 15 heavy (non-hydrogen) atoms. The molecule has 3 heteroatoms. The van der Waals surface area contributed by atoms with Gasteiger partial charge in [0.1, 0.15) is 0 Å². The van der Waals surface area contributed by atoms with E-state index in [1.165, 1.54) is 12.0 Å². The summed E-state index contributed by atoms with van der Waals surface area (Å²) in [5, 5.41) is 0. The van der Waals surface area contributed by atoms with Crippen molar-refractivity contribution in [3.8, 4) is 0 Å². The number of allylic oxidation sites excluding steroid dienone is 2. The smallest absolute Gasteiger partial charge is 0.220 e. The molecule has 0 amide bonds. The summed E-state index contributed by atoms with van der Waals surface area (Å²) in [6, 6.07) is 1.78. The molecular formula is C12H17N3. The van der Waals surface area contributed by atoms with Gasteiger partial charge in [-0.05, 0) is 24.5 Å². The molecule has 0 aliphatic carbocycles. The van der Waals surface area contributed by atoms with E-state index in [1.54, 1.807) is 18.5 Å². The first kappa shape index (κ1) is 11.6. The van der Waals surface area contributed by atoms with E-state index in [4.69, 9.17) is 0 Å². The Balaban J connectivity index is 2.63. The molecule has 0 aliphatic heterocycles. The van der Waals surface area contributed by atoms with E-state index in [0.717, 1.165) is 12.8 Å². The van der Waals surface area contributed by atoms with Crippen LogP contribution in [0.2, 0.25) is 0 Å². The number of hydrogen-bond acceptors (Lipinski definition) is 3. The van der Waals surface area contributed by atoms with E-state index in [1.807, 2.05) is 6.21 Å². The lowest BCUT2D eigenvalue weighted by Crippen LogP contribution is -1.84. The third kappa shape index (κ3) is 4.49. The van der Waals surface area contributed by atoms with Gasteiger partial charge in [-0.15, -0.1) is 0 Å². The number of rotatable bonds is 5. The summed E-state index contributed by atoms with van der Waals surface area (Å²) < 4.78 is 0. The van der Waals surface area contributed by atoms with E-state index in [9.17, 15) is 0 Å². The third-order valence-corrected chi connectivity index (χ3v) is 2.00. The summed E-state index contributed by atoms with van der Waals surface area (Å²) in [5.74, 6) is 0.522. The summed E-state index contributed by atoms with van der Waals surface area (Å²) in [6.45, 7) is 4.29. The second-order valence-corrected chi connectivity index (χ2v) is 3.23. The van der Waals surface area contributed by atoms with Crippen molar-refractivity contribution in [1.82, 2.24) is 9.97 Å². The minimum Gasteiger partial charge on any atom is -0.220 e. The summed E-state index contributed by atoms with van der Waals surface area (Å²) in [4.78, 5) is 12.3. The molecule has 0 unspecified atom stereocenters. The van der Waals surface area contributed by atoms with Crippen molar-refractivity contribution in [3.63, 3.8) is 0 Å². The maximum atomic E-state index is 4.21. The quantitative estimate of drug-likeness (QED) is 0.688. The van der Waals surface area contributed by atoms with E-state index in [0.29, 0.717) is 5.95 Å². The highest BCUT2D eigenvalue weighted by molar-refractivity contribution is 5.79. The highest BCUT2D eigenvalue weighted by Crippen LogP contribution is 2.04. The lowest BCUT2D eigenvalue weighted by Gasteiger charge is -1.95. The van der Waals surface area contributed by atoms with Crippen LogP contribution in [-0.2, 0) is 0 Å². The van der Waals surface area contributed by atoms with Gasteiger partial charge < -0.3 is 0 Å². The molecule has 0 saturated heterocycles. The molecule has 80 valence electrons. The van der Waals surface area contributed by atoms with Gasteiger partial charge in [-0.1, -0.05) is 26.3 Å². The zero-order valence-corrected chi connectivity index (χ0v) is 9.35. The van der Waals surface area contributed by atoms with Crippen molar-refractivity contribution in [2.24, 2.45) is 4.99 Å².